The molecule has 2 unspecified atom stereocenters. The highest BCUT2D eigenvalue weighted by molar-refractivity contribution is 4.80. The molecular weight excluding hydrogens is 144 g/mol. The summed E-state index contributed by atoms with van der Waals surface area (Å²) in [5.41, 5.74) is 0.631. The summed E-state index contributed by atoms with van der Waals surface area (Å²) in [5.74, 6) is 1.91. The molecule has 12 heavy (non-hydrogen) atoms. The first-order valence-electron chi connectivity index (χ1n) is 5.51. The fourth-order valence-electron chi connectivity index (χ4n) is 2.08. The molecule has 0 radical (unpaired) electrons. The molecule has 0 saturated heterocycles. The molecule has 0 spiro atoms. The van der Waals surface area contributed by atoms with Gasteiger partial charge in [-0.2, -0.15) is 0 Å². The van der Waals surface area contributed by atoms with Crippen molar-refractivity contribution in [3.8, 4) is 0 Å². The van der Waals surface area contributed by atoms with Gasteiger partial charge in [-0.3, -0.25) is 0 Å². The lowest BCUT2D eigenvalue weighted by Crippen LogP contribution is -2.26. The molecular formula is C12H26. The van der Waals surface area contributed by atoms with Gasteiger partial charge < -0.3 is 0 Å². The third-order valence-electron chi connectivity index (χ3n) is 3.12. The summed E-state index contributed by atoms with van der Waals surface area (Å²) in [6.45, 7) is 13.6. The molecule has 1 aliphatic rings. The molecule has 0 aromatic heterocycles. The Hall–Kier alpha value is 0. The molecule has 0 heterocycles. The SMILES string of the molecule is CC.CC1CCC(C)(C)CC1C. The molecule has 0 heteroatoms. The third-order valence-corrected chi connectivity index (χ3v) is 3.12. The van der Waals surface area contributed by atoms with Gasteiger partial charge in [-0.1, -0.05) is 41.5 Å². The van der Waals surface area contributed by atoms with Crippen molar-refractivity contribution in [2.24, 2.45) is 17.3 Å². The van der Waals surface area contributed by atoms with Crippen molar-refractivity contribution >= 4 is 0 Å². The molecule has 0 amide bonds. The van der Waals surface area contributed by atoms with Crippen LogP contribution in [0.5, 0.6) is 0 Å². The molecule has 0 aromatic rings. The zero-order chi connectivity index (χ0) is 9.78. The van der Waals surface area contributed by atoms with E-state index in [1.54, 1.807) is 0 Å². The number of hydrogen-bond acceptors (Lipinski definition) is 0. The Morgan fingerprint density at radius 3 is 1.83 bits per heavy atom. The van der Waals surface area contributed by atoms with Crippen LogP contribution in [0.2, 0.25) is 0 Å². The lowest BCUT2D eigenvalue weighted by molar-refractivity contribution is 0.139. The molecule has 1 aliphatic carbocycles. The third kappa shape index (κ3) is 3.60. The largest absolute Gasteiger partial charge is 0.0683 e. The van der Waals surface area contributed by atoms with Crippen LogP contribution in [0.3, 0.4) is 0 Å². The molecule has 2 atom stereocenters. The summed E-state index contributed by atoms with van der Waals surface area (Å²) >= 11 is 0. The monoisotopic (exact) mass is 170 g/mol. The van der Waals surface area contributed by atoms with Crippen molar-refractivity contribution in [1.29, 1.82) is 0 Å². The van der Waals surface area contributed by atoms with Crippen LogP contribution in [0.15, 0.2) is 0 Å². The lowest BCUT2D eigenvalue weighted by atomic mass is 9.68. The Bertz CT molecular complexity index is 113. The lowest BCUT2D eigenvalue weighted by Gasteiger charge is -2.37. The summed E-state index contributed by atoms with van der Waals surface area (Å²) < 4.78 is 0. The standard InChI is InChI=1S/C10H20.C2H6/c1-8-5-6-10(3,4)7-9(8)2;1-2/h8-9H,5-7H2,1-4H3;1-2H3. The van der Waals surface area contributed by atoms with Crippen LogP contribution in [-0.4, -0.2) is 0 Å². The zero-order valence-electron chi connectivity index (χ0n) is 9.78. The maximum absolute atomic E-state index is 2.40. The van der Waals surface area contributed by atoms with E-state index in [1.807, 2.05) is 13.8 Å². The molecule has 0 nitrogen and oxygen atoms in total. The van der Waals surface area contributed by atoms with Crippen LogP contribution in [0, 0.1) is 17.3 Å². The van der Waals surface area contributed by atoms with Gasteiger partial charge in [-0.05, 0) is 36.5 Å². The quantitative estimate of drug-likeness (QED) is 0.502. The molecule has 1 rings (SSSR count). The van der Waals surface area contributed by atoms with Crippen LogP contribution in [0.4, 0.5) is 0 Å². The predicted octanol–water partition coefficient (Wildman–Crippen LogP) is 4.49. The second kappa shape index (κ2) is 4.89. The van der Waals surface area contributed by atoms with Crippen LogP contribution in [-0.2, 0) is 0 Å². The first kappa shape index (κ1) is 12.0. The zero-order valence-corrected chi connectivity index (χ0v) is 9.78. The molecule has 74 valence electrons. The van der Waals surface area contributed by atoms with Crippen molar-refractivity contribution in [2.45, 2.75) is 60.8 Å². The van der Waals surface area contributed by atoms with Gasteiger partial charge in [0.2, 0.25) is 0 Å². The molecule has 0 aromatic carbocycles. The average molecular weight is 170 g/mol. The van der Waals surface area contributed by atoms with Crippen molar-refractivity contribution in [1.82, 2.24) is 0 Å². The van der Waals surface area contributed by atoms with E-state index in [-0.39, 0.29) is 0 Å². The van der Waals surface area contributed by atoms with E-state index in [0.29, 0.717) is 5.41 Å². The highest BCUT2D eigenvalue weighted by Crippen LogP contribution is 2.41. The van der Waals surface area contributed by atoms with Crippen molar-refractivity contribution < 1.29 is 0 Å². The molecule has 0 N–H and O–H groups in total. The van der Waals surface area contributed by atoms with Gasteiger partial charge in [0.1, 0.15) is 0 Å². The summed E-state index contributed by atoms with van der Waals surface area (Å²) in [4.78, 5) is 0. The predicted molar refractivity (Wildman–Crippen MR) is 57.3 cm³/mol. The maximum Gasteiger partial charge on any atom is -0.0351 e. The van der Waals surface area contributed by atoms with E-state index < -0.39 is 0 Å². The van der Waals surface area contributed by atoms with Crippen LogP contribution < -0.4 is 0 Å². The fraction of sp³-hybridized carbons (Fsp3) is 1.00. The van der Waals surface area contributed by atoms with Crippen LogP contribution >= 0.6 is 0 Å². The minimum Gasteiger partial charge on any atom is -0.0683 e. The van der Waals surface area contributed by atoms with Gasteiger partial charge in [0.15, 0.2) is 0 Å². The maximum atomic E-state index is 2.40. The average Bonchev–Trinajstić information content (AvgIpc) is 2.01. The van der Waals surface area contributed by atoms with E-state index in [1.165, 1.54) is 19.3 Å². The second-order valence-electron chi connectivity index (χ2n) is 4.86. The first-order valence-corrected chi connectivity index (χ1v) is 5.51. The smallest absolute Gasteiger partial charge is 0.0351 e. The number of rotatable bonds is 0. The van der Waals surface area contributed by atoms with E-state index in [0.717, 1.165) is 11.8 Å². The van der Waals surface area contributed by atoms with E-state index in [4.69, 9.17) is 0 Å². The fourth-order valence-corrected chi connectivity index (χ4v) is 2.08. The van der Waals surface area contributed by atoms with Crippen molar-refractivity contribution in [2.75, 3.05) is 0 Å². The molecule has 1 fully saturated rings. The van der Waals surface area contributed by atoms with Gasteiger partial charge in [0, 0.05) is 0 Å². The normalized spacial score (nSPS) is 33.5. The Balaban J connectivity index is 0.000000561. The molecule has 0 bridgehead atoms. The van der Waals surface area contributed by atoms with Crippen molar-refractivity contribution in [3.05, 3.63) is 0 Å². The van der Waals surface area contributed by atoms with Gasteiger partial charge in [-0.25, -0.2) is 0 Å². The van der Waals surface area contributed by atoms with Crippen LogP contribution in [0.25, 0.3) is 0 Å². The van der Waals surface area contributed by atoms with Crippen LogP contribution in [0.1, 0.15) is 60.8 Å². The Labute approximate surface area is 78.8 Å². The van der Waals surface area contributed by atoms with E-state index in [9.17, 15) is 0 Å². The van der Waals surface area contributed by atoms with Gasteiger partial charge in [0.05, 0.1) is 0 Å². The van der Waals surface area contributed by atoms with Crippen molar-refractivity contribution in [3.63, 3.8) is 0 Å². The van der Waals surface area contributed by atoms with E-state index >= 15 is 0 Å². The molecule has 1 saturated carbocycles. The molecule has 0 aliphatic heterocycles. The minimum absolute atomic E-state index is 0.631. The Morgan fingerprint density at radius 1 is 1.00 bits per heavy atom. The summed E-state index contributed by atoms with van der Waals surface area (Å²) in [6.07, 6.45) is 4.29. The van der Waals surface area contributed by atoms with E-state index in [2.05, 4.69) is 27.7 Å². The topological polar surface area (TPSA) is 0 Å². The minimum atomic E-state index is 0.631. The summed E-state index contributed by atoms with van der Waals surface area (Å²) in [6, 6.07) is 0. The van der Waals surface area contributed by atoms with Gasteiger partial charge >= 0.3 is 0 Å². The highest BCUT2D eigenvalue weighted by atomic mass is 14.3. The Kier molecular flexibility index (Phi) is 4.89. The Morgan fingerprint density at radius 2 is 1.50 bits per heavy atom. The van der Waals surface area contributed by atoms with Gasteiger partial charge in [0.25, 0.3) is 0 Å². The highest BCUT2D eigenvalue weighted by Gasteiger charge is 2.29. The summed E-state index contributed by atoms with van der Waals surface area (Å²) in [5, 5.41) is 0. The first-order chi connectivity index (χ1) is 5.51. The second-order valence-corrected chi connectivity index (χ2v) is 4.86. The number of hydrogen-bond donors (Lipinski definition) is 0. The van der Waals surface area contributed by atoms with Gasteiger partial charge in [-0.15, -0.1) is 0 Å². The summed E-state index contributed by atoms with van der Waals surface area (Å²) in [7, 11) is 0.